The molecule has 5 heteroatoms. The molecule has 98 valence electrons. The molecule has 0 bridgehead atoms. The van der Waals surface area contributed by atoms with E-state index in [1.54, 1.807) is 24.3 Å². The summed E-state index contributed by atoms with van der Waals surface area (Å²) in [6, 6.07) is 11.0. The molecular formula is C14H11ClFNO2. The van der Waals surface area contributed by atoms with Gasteiger partial charge in [0, 0.05) is 11.6 Å². The van der Waals surface area contributed by atoms with Crippen LogP contribution in [0.5, 0.6) is 0 Å². The van der Waals surface area contributed by atoms with E-state index >= 15 is 0 Å². The zero-order valence-corrected chi connectivity index (χ0v) is 10.6. The Labute approximate surface area is 114 Å². The van der Waals surface area contributed by atoms with Crippen LogP contribution in [0, 0.1) is 5.82 Å². The number of anilines is 1. The summed E-state index contributed by atoms with van der Waals surface area (Å²) in [5.74, 6) is -1.76. The molecule has 0 aromatic heterocycles. The van der Waals surface area contributed by atoms with Crippen molar-refractivity contribution in [3.8, 4) is 0 Å². The molecule has 0 aliphatic heterocycles. The molecule has 2 rings (SSSR count). The van der Waals surface area contributed by atoms with Crippen molar-refractivity contribution in [1.82, 2.24) is 0 Å². The molecule has 3 nitrogen and oxygen atoms in total. The first-order valence-corrected chi connectivity index (χ1v) is 5.96. The fraction of sp³-hybridized carbons (Fsp3) is 0.0714. The minimum Gasteiger partial charge on any atom is -0.478 e. The average molecular weight is 280 g/mol. The number of nitrogens with one attached hydrogen (secondary N) is 1. The second kappa shape index (κ2) is 5.71. The van der Waals surface area contributed by atoms with E-state index in [0.29, 0.717) is 11.6 Å². The number of hydrogen-bond donors (Lipinski definition) is 2. The van der Waals surface area contributed by atoms with Crippen LogP contribution in [0.3, 0.4) is 0 Å². The van der Waals surface area contributed by atoms with Crippen molar-refractivity contribution >= 4 is 23.3 Å². The number of hydrogen-bond acceptors (Lipinski definition) is 2. The monoisotopic (exact) mass is 279 g/mol. The number of aromatic carboxylic acids is 1. The summed E-state index contributed by atoms with van der Waals surface area (Å²) >= 11 is 5.76. The smallest absolute Gasteiger partial charge is 0.337 e. The van der Waals surface area contributed by atoms with Crippen LogP contribution in [0.15, 0.2) is 42.5 Å². The van der Waals surface area contributed by atoms with Gasteiger partial charge in [0.05, 0.1) is 11.3 Å². The van der Waals surface area contributed by atoms with Gasteiger partial charge in [0.1, 0.15) is 5.82 Å². The molecule has 0 spiro atoms. The van der Waals surface area contributed by atoms with Crippen molar-refractivity contribution in [3.63, 3.8) is 0 Å². The van der Waals surface area contributed by atoms with Gasteiger partial charge < -0.3 is 10.4 Å². The van der Waals surface area contributed by atoms with Crippen LogP contribution in [-0.2, 0) is 6.54 Å². The Morgan fingerprint density at radius 1 is 1.21 bits per heavy atom. The van der Waals surface area contributed by atoms with E-state index in [-0.39, 0.29) is 11.3 Å². The van der Waals surface area contributed by atoms with Crippen LogP contribution in [0.2, 0.25) is 5.02 Å². The predicted molar refractivity (Wildman–Crippen MR) is 72.1 cm³/mol. The molecule has 0 aliphatic carbocycles. The normalized spacial score (nSPS) is 10.2. The third-order valence-electron chi connectivity index (χ3n) is 2.63. The Balaban J connectivity index is 2.19. The number of halogens is 2. The van der Waals surface area contributed by atoms with Gasteiger partial charge in [-0.05, 0) is 29.8 Å². The molecule has 0 heterocycles. The van der Waals surface area contributed by atoms with Crippen LogP contribution in [0.1, 0.15) is 15.9 Å². The summed E-state index contributed by atoms with van der Waals surface area (Å²) in [7, 11) is 0. The van der Waals surface area contributed by atoms with E-state index in [4.69, 9.17) is 16.7 Å². The Kier molecular flexibility index (Phi) is 4.02. The summed E-state index contributed by atoms with van der Waals surface area (Å²) in [6.45, 7) is 0.318. The van der Waals surface area contributed by atoms with Gasteiger partial charge in [0.15, 0.2) is 0 Å². The van der Waals surface area contributed by atoms with Crippen LogP contribution in [-0.4, -0.2) is 11.1 Å². The maximum atomic E-state index is 13.6. The fourth-order valence-electron chi connectivity index (χ4n) is 1.67. The highest BCUT2D eigenvalue weighted by Crippen LogP contribution is 2.21. The lowest BCUT2D eigenvalue weighted by molar-refractivity contribution is 0.0697. The van der Waals surface area contributed by atoms with Gasteiger partial charge >= 0.3 is 5.97 Å². The first-order chi connectivity index (χ1) is 9.08. The van der Waals surface area contributed by atoms with E-state index in [0.717, 1.165) is 5.56 Å². The molecule has 0 fully saturated rings. The summed E-state index contributed by atoms with van der Waals surface area (Å²) < 4.78 is 13.6. The highest BCUT2D eigenvalue weighted by Gasteiger charge is 2.13. The highest BCUT2D eigenvalue weighted by molar-refractivity contribution is 6.30. The number of carbonyl (C=O) groups is 1. The van der Waals surface area contributed by atoms with Crippen molar-refractivity contribution < 1.29 is 14.3 Å². The molecule has 2 aromatic carbocycles. The molecule has 2 N–H and O–H groups in total. The van der Waals surface area contributed by atoms with E-state index in [1.807, 2.05) is 0 Å². The molecule has 0 amide bonds. The van der Waals surface area contributed by atoms with Gasteiger partial charge in [0.2, 0.25) is 0 Å². The van der Waals surface area contributed by atoms with E-state index in [1.165, 1.54) is 18.2 Å². The second-order valence-corrected chi connectivity index (χ2v) is 4.38. The molecule has 2 aromatic rings. The van der Waals surface area contributed by atoms with Crippen LogP contribution >= 0.6 is 11.6 Å². The fourth-order valence-corrected chi connectivity index (χ4v) is 1.80. The number of rotatable bonds is 4. The van der Waals surface area contributed by atoms with Gasteiger partial charge in [-0.1, -0.05) is 29.8 Å². The SMILES string of the molecule is O=C(O)c1cccc(F)c1NCc1ccc(Cl)cc1. The molecule has 0 atom stereocenters. The maximum absolute atomic E-state index is 13.6. The van der Waals surface area contributed by atoms with Gasteiger partial charge in [-0.3, -0.25) is 0 Å². The van der Waals surface area contributed by atoms with E-state index in [2.05, 4.69) is 5.32 Å². The largest absolute Gasteiger partial charge is 0.478 e. The molecule has 0 aliphatic rings. The van der Waals surface area contributed by atoms with Gasteiger partial charge in [-0.25, -0.2) is 9.18 Å². The average Bonchev–Trinajstić information content (AvgIpc) is 2.39. The lowest BCUT2D eigenvalue weighted by atomic mass is 10.1. The zero-order valence-electron chi connectivity index (χ0n) is 9.86. The lowest BCUT2D eigenvalue weighted by Gasteiger charge is -2.10. The van der Waals surface area contributed by atoms with Crippen molar-refractivity contribution in [2.45, 2.75) is 6.54 Å². The lowest BCUT2D eigenvalue weighted by Crippen LogP contribution is -2.08. The van der Waals surface area contributed by atoms with E-state index < -0.39 is 11.8 Å². The van der Waals surface area contributed by atoms with Crippen molar-refractivity contribution in [2.24, 2.45) is 0 Å². The maximum Gasteiger partial charge on any atom is 0.337 e. The van der Waals surface area contributed by atoms with Crippen LogP contribution < -0.4 is 5.32 Å². The molecule has 0 unspecified atom stereocenters. The minimum absolute atomic E-state index is 0.00931. The molecular weight excluding hydrogens is 269 g/mol. The number of benzene rings is 2. The standard InChI is InChI=1S/C14H11ClFNO2/c15-10-6-4-9(5-7-10)8-17-13-11(14(18)19)2-1-3-12(13)16/h1-7,17H,8H2,(H,18,19). The number of carboxylic acid groups (broad SMARTS) is 1. The highest BCUT2D eigenvalue weighted by atomic mass is 35.5. The van der Waals surface area contributed by atoms with E-state index in [9.17, 15) is 9.18 Å². The number of para-hydroxylation sites is 1. The third kappa shape index (κ3) is 3.23. The molecule has 19 heavy (non-hydrogen) atoms. The van der Waals surface area contributed by atoms with Crippen LogP contribution in [0.25, 0.3) is 0 Å². The summed E-state index contributed by atoms with van der Waals surface area (Å²) in [6.07, 6.45) is 0. The quantitative estimate of drug-likeness (QED) is 0.895. The second-order valence-electron chi connectivity index (χ2n) is 3.95. The Morgan fingerprint density at radius 2 is 1.89 bits per heavy atom. The molecule has 0 saturated heterocycles. The Bertz CT molecular complexity index is 599. The Morgan fingerprint density at radius 3 is 2.53 bits per heavy atom. The number of carboxylic acids is 1. The molecule has 0 saturated carbocycles. The summed E-state index contributed by atoms with van der Waals surface area (Å²) in [5.41, 5.74) is 0.780. The summed E-state index contributed by atoms with van der Waals surface area (Å²) in [5, 5.41) is 12.4. The van der Waals surface area contributed by atoms with Crippen molar-refractivity contribution in [2.75, 3.05) is 5.32 Å². The topological polar surface area (TPSA) is 49.3 Å². The third-order valence-corrected chi connectivity index (χ3v) is 2.88. The van der Waals surface area contributed by atoms with Crippen molar-refractivity contribution in [3.05, 3.63) is 64.4 Å². The van der Waals surface area contributed by atoms with Crippen molar-refractivity contribution in [1.29, 1.82) is 0 Å². The first-order valence-electron chi connectivity index (χ1n) is 5.58. The molecule has 0 radical (unpaired) electrons. The van der Waals surface area contributed by atoms with Gasteiger partial charge in [-0.15, -0.1) is 0 Å². The van der Waals surface area contributed by atoms with Gasteiger partial charge in [0.25, 0.3) is 0 Å². The Hall–Kier alpha value is -2.07. The predicted octanol–water partition coefficient (Wildman–Crippen LogP) is 3.79. The van der Waals surface area contributed by atoms with Crippen LogP contribution in [0.4, 0.5) is 10.1 Å². The summed E-state index contributed by atoms with van der Waals surface area (Å²) in [4.78, 5) is 11.0. The minimum atomic E-state index is -1.17. The first kappa shape index (κ1) is 13.4. The zero-order chi connectivity index (χ0) is 13.8. The van der Waals surface area contributed by atoms with Gasteiger partial charge in [-0.2, -0.15) is 0 Å².